The van der Waals surface area contributed by atoms with Gasteiger partial charge in [0.15, 0.2) is 0 Å². The number of ether oxygens (including phenoxy) is 2. The molecule has 0 spiro atoms. The summed E-state index contributed by atoms with van der Waals surface area (Å²) in [6, 6.07) is 0. The molecule has 0 aromatic rings. The van der Waals surface area contributed by atoms with E-state index in [2.05, 4.69) is 59.8 Å². The van der Waals surface area contributed by atoms with Crippen LogP contribution < -0.4 is 0 Å². The largest absolute Gasteiger partial charge is 0.461 e. The van der Waals surface area contributed by atoms with Crippen molar-refractivity contribution < 1.29 is 19.1 Å². The second-order valence-corrected chi connectivity index (χ2v) is 10.1. The predicted molar refractivity (Wildman–Crippen MR) is 153 cm³/mol. The first-order chi connectivity index (χ1) is 17.3. The van der Waals surface area contributed by atoms with Crippen molar-refractivity contribution in [3.63, 3.8) is 0 Å². The summed E-state index contributed by atoms with van der Waals surface area (Å²) in [4.78, 5) is 23.8. The summed E-state index contributed by atoms with van der Waals surface area (Å²) in [7, 11) is 0. The van der Waals surface area contributed by atoms with Gasteiger partial charge >= 0.3 is 11.9 Å². The lowest BCUT2D eigenvalue weighted by molar-refractivity contribution is -0.143. The third-order valence-electron chi connectivity index (χ3n) is 6.08. The maximum atomic E-state index is 12.1. The Morgan fingerprint density at radius 2 is 1.11 bits per heavy atom. The molecule has 4 nitrogen and oxygen atoms in total. The van der Waals surface area contributed by atoms with Crippen molar-refractivity contribution in [3.8, 4) is 0 Å². The topological polar surface area (TPSA) is 52.6 Å². The normalized spacial score (nSPS) is 12.4. The molecule has 206 valence electrons. The van der Waals surface area contributed by atoms with E-state index in [1.54, 1.807) is 0 Å². The van der Waals surface area contributed by atoms with E-state index in [0.29, 0.717) is 26.1 Å². The van der Waals surface area contributed by atoms with Gasteiger partial charge in [0.1, 0.15) is 13.2 Å². The quantitative estimate of drug-likeness (QED) is 0.0891. The summed E-state index contributed by atoms with van der Waals surface area (Å²) in [5, 5.41) is 0. The zero-order valence-electron chi connectivity index (χ0n) is 24.3. The van der Waals surface area contributed by atoms with E-state index >= 15 is 0 Å². The molecule has 0 radical (unpaired) electrons. The van der Waals surface area contributed by atoms with Crippen LogP contribution in [0, 0.1) is 0 Å². The van der Waals surface area contributed by atoms with Gasteiger partial charge in [0.05, 0.1) is 0 Å². The number of rotatable bonds is 21. The van der Waals surface area contributed by atoms with Gasteiger partial charge in [-0.3, -0.25) is 9.59 Å². The van der Waals surface area contributed by atoms with Crippen LogP contribution in [0.1, 0.15) is 131 Å². The fourth-order valence-electron chi connectivity index (χ4n) is 3.67. The summed E-state index contributed by atoms with van der Waals surface area (Å²) in [6.45, 7) is 13.5. The van der Waals surface area contributed by atoms with Crippen molar-refractivity contribution in [2.24, 2.45) is 0 Å². The Morgan fingerprint density at radius 3 is 1.69 bits per heavy atom. The molecule has 0 aliphatic carbocycles. The fourth-order valence-corrected chi connectivity index (χ4v) is 3.67. The Balaban J connectivity index is 4.72. The molecule has 0 aromatic carbocycles. The first-order valence-corrected chi connectivity index (χ1v) is 14.2. The average Bonchev–Trinajstić information content (AvgIpc) is 2.82. The number of carbonyl (C=O) groups excluding carboxylic acids is 2. The highest BCUT2D eigenvalue weighted by molar-refractivity contribution is 5.69. The number of unbranched alkanes of at least 4 members (excludes halogenated alkanes) is 4. The van der Waals surface area contributed by atoms with Crippen molar-refractivity contribution in [2.75, 3.05) is 13.2 Å². The minimum Gasteiger partial charge on any atom is -0.461 e. The van der Waals surface area contributed by atoms with Crippen molar-refractivity contribution in [3.05, 3.63) is 46.6 Å². The van der Waals surface area contributed by atoms with Gasteiger partial charge in [-0.2, -0.15) is 0 Å². The van der Waals surface area contributed by atoms with E-state index < -0.39 is 0 Å². The first kappa shape index (κ1) is 33.9. The van der Waals surface area contributed by atoms with E-state index in [4.69, 9.17) is 9.47 Å². The van der Waals surface area contributed by atoms with Crippen LogP contribution in [-0.4, -0.2) is 25.2 Å². The third kappa shape index (κ3) is 22.4. The lowest BCUT2D eigenvalue weighted by Crippen LogP contribution is -2.07. The molecule has 0 aliphatic heterocycles. The van der Waals surface area contributed by atoms with E-state index in [1.165, 1.54) is 22.3 Å². The van der Waals surface area contributed by atoms with Crippen LogP contribution in [0.15, 0.2) is 46.6 Å². The highest BCUT2D eigenvalue weighted by Crippen LogP contribution is 2.15. The number of allylic oxidation sites excluding steroid dienone is 6. The van der Waals surface area contributed by atoms with Crippen LogP contribution in [0.25, 0.3) is 0 Å². The molecule has 0 bridgehead atoms. The highest BCUT2D eigenvalue weighted by Gasteiger charge is 2.06. The number of hydrogen-bond acceptors (Lipinski definition) is 4. The monoisotopic (exact) mass is 502 g/mol. The van der Waals surface area contributed by atoms with E-state index in [9.17, 15) is 9.59 Å². The van der Waals surface area contributed by atoms with Crippen molar-refractivity contribution in [2.45, 2.75) is 131 Å². The van der Waals surface area contributed by atoms with E-state index in [1.807, 2.05) is 6.08 Å². The molecule has 0 saturated carbocycles. The molecule has 0 atom stereocenters. The molecule has 0 aliphatic rings. The van der Waals surface area contributed by atoms with Crippen LogP contribution >= 0.6 is 0 Å². The summed E-state index contributed by atoms with van der Waals surface area (Å²) in [5.74, 6) is -0.209. The van der Waals surface area contributed by atoms with Crippen LogP contribution in [0.5, 0.6) is 0 Å². The zero-order chi connectivity index (χ0) is 27.0. The Hall–Kier alpha value is -2.10. The van der Waals surface area contributed by atoms with Crippen molar-refractivity contribution >= 4 is 11.9 Å². The van der Waals surface area contributed by atoms with Crippen LogP contribution in [0.3, 0.4) is 0 Å². The molecule has 36 heavy (non-hydrogen) atoms. The van der Waals surface area contributed by atoms with Crippen LogP contribution in [0.4, 0.5) is 0 Å². The molecule has 0 heterocycles. The van der Waals surface area contributed by atoms with Gasteiger partial charge in [-0.25, -0.2) is 0 Å². The lowest BCUT2D eigenvalue weighted by Gasteiger charge is -2.10. The summed E-state index contributed by atoms with van der Waals surface area (Å²) < 4.78 is 10.9. The summed E-state index contributed by atoms with van der Waals surface area (Å²) >= 11 is 0. The summed E-state index contributed by atoms with van der Waals surface area (Å²) in [6.07, 6.45) is 21.8. The molecule has 4 heteroatoms. The molecule has 0 fully saturated rings. The zero-order valence-corrected chi connectivity index (χ0v) is 24.3. The number of esters is 2. The molecule has 0 aromatic heterocycles. The minimum atomic E-state index is -0.111. The van der Waals surface area contributed by atoms with Gasteiger partial charge in [0.2, 0.25) is 0 Å². The van der Waals surface area contributed by atoms with Gasteiger partial charge in [0, 0.05) is 12.8 Å². The lowest BCUT2D eigenvalue weighted by atomic mass is 10.0. The Kier molecular flexibility index (Phi) is 21.9. The minimum absolute atomic E-state index is 0.0976. The maximum Gasteiger partial charge on any atom is 0.306 e. The third-order valence-corrected chi connectivity index (χ3v) is 6.08. The maximum absolute atomic E-state index is 12.1. The predicted octanol–water partition coefficient (Wildman–Crippen LogP) is 9.36. The SMILES string of the molecule is CCCCCC(=O)OC/C=C(\C)CC/C=C(\CC/C=C(\C)CCC=C(C)C)COC(=O)CCCCC. The van der Waals surface area contributed by atoms with Crippen LogP contribution in [-0.2, 0) is 19.1 Å². The molecule has 0 rings (SSSR count). The molecule has 0 unspecified atom stereocenters. The number of carbonyl (C=O) groups is 2. The first-order valence-electron chi connectivity index (χ1n) is 14.2. The molecule has 0 amide bonds. The fraction of sp³-hybridized carbons (Fsp3) is 0.688. The van der Waals surface area contributed by atoms with Gasteiger partial charge in [-0.1, -0.05) is 74.5 Å². The molecular formula is C32H54O4. The standard InChI is InChI=1S/C32H54O4/c1-7-9-11-22-31(33)35-25-24-29(6)19-15-21-30(26-36-32(34)23-12-10-8-2)20-14-18-28(5)17-13-16-27(3)4/h16,18,21,24H,7-15,17,19-20,22-23,25-26H2,1-6H3/b28-18+,29-24+,30-21+. The van der Waals surface area contributed by atoms with Crippen molar-refractivity contribution in [1.29, 1.82) is 0 Å². The van der Waals surface area contributed by atoms with Gasteiger partial charge in [-0.05, 0) is 90.7 Å². The average molecular weight is 503 g/mol. The summed E-state index contributed by atoms with van der Waals surface area (Å²) in [5.41, 5.74) is 5.16. The second-order valence-electron chi connectivity index (χ2n) is 10.1. The Bertz CT molecular complexity index is 720. The number of hydrogen-bond donors (Lipinski definition) is 0. The molecule has 0 N–H and O–H groups in total. The van der Waals surface area contributed by atoms with Gasteiger partial charge < -0.3 is 9.47 Å². The second kappa shape index (κ2) is 23.3. The Labute approximate surface area is 222 Å². The van der Waals surface area contributed by atoms with E-state index in [-0.39, 0.29) is 11.9 Å². The van der Waals surface area contributed by atoms with Gasteiger partial charge in [0.25, 0.3) is 0 Å². The Morgan fingerprint density at radius 1 is 0.583 bits per heavy atom. The smallest absolute Gasteiger partial charge is 0.306 e. The van der Waals surface area contributed by atoms with E-state index in [0.717, 1.165) is 77.0 Å². The van der Waals surface area contributed by atoms with Gasteiger partial charge in [-0.15, -0.1) is 0 Å². The van der Waals surface area contributed by atoms with Crippen molar-refractivity contribution in [1.82, 2.24) is 0 Å². The van der Waals surface area contributed by atoms with Crippen LogP contribution in [0.2, 0.25) is 0 Å². The molecule has 0 saturated heterocycles. The highest BCUT2D eigenvalue weighted by atomic mass is 16.5. The molecular weight excluding hydrogens is 448 g/mol.